The summed E-state index contributed by atoms with van der Waals surface area (Å²) in [5, 5.41) is 21.5. The van der Waals surface area contributed by atoms with Gasteiger partial charge in [-0.25, -0.2) is 13.2 Å². The molecule has 1 aromatic carbocycles. The lowest BCUT2D eigenvalue weighted by Crippen LogP contribution is -2.48. The van der Waals surface area contributed by atoms with E-state index < -0.39 is 55.9 Å². The summed E-state index contributed by atoms with van der Waals surface area (Å²) in [6.07, 6.45) is 3.28. The third-order valence-corrected chi connectivity index (χ3v) is 12.3. The molecule has 0 fully saturated rings. The highest BCUT2D eigenvalue weighted by atomic mass is 32.2. The molecule has 2 aromatic heterocycles. The molecule has 0 aliphatic carbocycles. The number of aryl methyl sites for hydroxylation is 1. The van der Waals surface area contributed by atoms with Crippen LogP contribution in [0.2, 0.25) is 0 Å². The molecule has 7 N–H and O–H groups in total. The van der Waals surface area contributed by atoms with Gasteiger partial charge in [0.05, 0.1) is 15.9 Å². The number of aromatic nitrogens is 3. The molecule has 0 bridgehead atoms. The van der Waals surface area contributed by atoms with Crippen molar-refractivity contribution < 1.29 is 33.0 Å². The van der Waals surface area contributed by atoms with Crippen LogP contribution in [0.15, 0.2) is 29.2 Å². The van der Waals surface area contributed by atoms with E-state index in [2.05, 4.69) is 20.3 Å². The third kappa shape index (κ3) is 8.40. The molecule has 0 radical (unpaired) electrons. The Balaban J connectivity index is 2.03. The van der Waals surface area contributed by atoms with E-state index in [1.165, 1.54) is 0 Å². The average molecular weight is 674 g/mol. The maximum absolute atomic E-state index is 13.6. The summed E-state index contributed by atoms with van der Waals surface area (Å²) in [6, 6.07) is 3.67. The molecule has 0 spiro atoms. The zero-order chi connectivity index (χ0) is 35.3. The van der Waals surface area contributed by atoms with Crippen LogP contribution in [0.3, 0.4) is 0 Å². The van der Waals surface area contributed by atoms with Crippen molar-refractivity contribution in [3.63, 3.8) is 0 Å². The highest BCUT2D eigenvalue weighted by Gasteiger charge is 2.47. The Kier molecular flexibility index (Phi) is 11.7. The minimum atomic E-state index is -3.48. The molecule has 1 amide bonds. The number of benzene rings is 1. The minimum Gasteiger partial charge on any atom is -0.481 e. The topological polar surface area (TPSA) is 225 Å². The van der Waals surface area contributed by atoms with E-state index in [1.807, 2.05) is 40.7 Å². The second-order valence-corrected chi connectivity index (χ2v) is 15.9. The van der Waals surface area contributed by atoms with E-state index in [9.17, 15) is 32.7 Å². The van der Waals surface area contributed by atoms with Gasteiger partial charge in [0.1, 0.15) is 11.7 Å². The van der Waals surface area contributed by atoms with Crippen LogP contribution in [0.4, 0.5) is 5.95 Å². The van der Waals surface area contributed by atoms with Crippen molar-refractivity contribution in [1.29, 1.82) is 0 Å². The summed E-state index contributed by atoms with van der Waals surface area (Å²) in [7, 11) is -3.48. The first-order valence-electron chi connectivity index (χ1n) is 15.8. The van der Waals surface area contributed by atoms with E-state index >= 15 is 0 Å². The van der Waals surface area contributed by atoms with Crippen molar-refractivity contribution in [2.24, 2.45) is 5.41 Å². The molecule has 0 aliphatic heterocycles. The van der Waals surface area contributed by atoms with E-state index in [-0.39, 0.29) is 29.6 Å². The zero-order valence-electron chi connectivity index (χ0n) is 27.9. The van der Waals surface area contributed by atoms with Gasteiger partial charge in [0.2, 0.25) is 5.95 Å². The fourth-order valence-electron chi connectivity index (χ4n) is 5.85. The van der Waals surface area contributed by atoms with Crippen molar-refractivity contribution in [3.05, 3.63) is 57.0 Å². The molecule has 0 saturated heterocycles. The summed E-state index contributed by atoms with van der Waals surface area (Å²) >= 11 is 0. The average Bonchev–Trinajstić information content (AvgIpc) is 3.40. The number of aromatic amines is 2. The van der Waals surface area contributed by atoms with Crippen molar-refractivity contribution in [2.45, 2.75) is 103 Å². The predicted octanol–water partition coefficient (Wildman–Crippen LogP) is 4.38. The number of fused-ring (bicyclic) bond motifs is 1. The summed E-state index contributed by atoms with van der Waals surface area (Å²) in [6.45, 7) is 11.3. The quantitative estimate of drug-likeness (QED) is 0.126. The largest absolute Gasteiger partial charge is 0.481 e. The fraction of sp³-hybridized carbons (Fsp3) is 0.545. The zero-order valence-corrected chi connectivity index (χ0v) is 28.7. The number of carbonyl (C=O) groups is 3. The molecular formula is C33H47N5O8S. The molecule has 3 aromatic rings. The number of hydrogen-bond donors (Lipinski definition) is 6. The van der Waals surface area contributed by atoms with Crippen LogP contribution < -0.4 is 16.6 Å². The third-order valence-electron chi connectivity index (χ3n) is 9.32. The molecule has 3 atom stereocenters. The van der Waals surface area contributed by atoms with Gasteiger partial charge < -0.3 is 26.2 Å². The first kappa shape index (κ1) is 37.3. The van der Waals surface area contributed by atoms with Gasteiger partial charge in [-0.05, 0) is 67.2 Å². The number of unbranched alkanes of at least 4 members (excludes halogenated alkanes) is 1. The van der Waals surface area contributed by atoms with Crippen LogP contribution in [0.25, 0.3) is 11.0 Å². The van der Waals surface area contributed by atoms with Gasteiger partial charge in [-0.2, -0.15) is 4.98 Å². The highest BCUT2D eigenvalue weighted by Crippen LogP contribution is 2.42. The van der Waals surface area contributed by atoms with Crippen LogP contribution in [0.1, 0.15) is 113 Å². The van der Waals surface area contributed by atoms with Crippen molar-refractivity contribution in [3.8, 4) is 0 Å². The number of anilines is 1. The first-order valence-corrected chi connectivity index (χ1v) is 17.5. The normalized spacial score (nSPS) is 14.8. The number of nitrogens with two attached hydrogens (primary N) is 1. The van der Waals surface area contributed by atoms with E-state index in [0.717, 1.165) is 12.0 Å². The number of nitrogens with zero attached hydrogens (tertiary/aromatic N) is 1. The Hall–Kier alpha value is -4.20. The molecule has 0 aliphatic rings. The second kappa shape index (κ2) is 14.7. The van der Waals surface area contributed by atoms with Gasteiger partial charge in [0.25, 0.3) is 11.5 Å². The molecule has 14 heteroatoms. The number of nitrogen functional groups attached to an aromatic ring is 1. The van der Waals surface area contributed by atoms with E-state index in [1.54, 1.807) is 25.3 Å². The van der Waals surface area contributed by atoms with Crippen molar-refractivity contribution >= 4 is 44.7 Å². The summed E-state index contributed by atoms with van der Waals surface area (Å²) < 4.78 is 26.1. The summed E-state index contributed by atoms with van der Waals surface area (Å²) in [4.78, 5) is 58.8. The van der Waals surface area contributed by atoms with Gasteiger partial charge in [0, 0.05) is 24.1 Å². The van der Waals surface area contributed by atoms with E-state index in [4.69, 9.17) is 10.8 Å². The Morgan fingerprint density at radius 1 is 1.11 bits per heavy atom. The standard InChI is InChI=1S/C33H47N5O8S/c1-7-8-16-47(45,46)33(6,32(3,4)5)15-9-10-21-17-20(19(2)23-18-35-27-26(23)29(42)38-31(34)37-27)11-12-22(21)28(41)36-24(30(43)44)13-14-25(39)40/h11-12,17-19,24H,7-10,13-16H2,1-6H3,(H,36,41)(H,39,40)(H,43,44)(H4,34,35,37,38,42)/t19?,24-,33?/m0/s1. The SMILES string of the molecule is CCCCS(=O)(=O)C(C)(CCCc1cc(C(C)c2c[nH]c3nc(N)[nH]c(=O)c23)ccc1C(=O)N[C@@H](CCC(=O)O)C(=O)O)C(C)(C)C. The minimum absolute atomic E-state index is 0.0248. The lowest BCUT2D eigenvalue weighted by atomic mass is 9.77. The van der Waals surface area contributed by atoms with Crippen molar-refractivity contribution in [2.75, 3.05) is 11.5 Å². The van der Waals surface area contributed by atoms with Crippen LogP contribution in [-0.2, 0) is 25.8 Å². The fourth-order valence-corrected chi connectivity index (χ4v) is 8.36. The Bertz CT molecular complexity index is 1790. The first-order chi connectivity index (χ1) is 21.8. The van der Waals surface area contributed by atoms with Crippen LogP contribution in [0.5, 0.6) is 0 Å². The monoisotopic (exact) mass is 673 g/mol. The molecule has 47 heavy (non-hydrogen) atoms. The van der Waals surface area contributed by atoms with Gasteiger partial charge >= 0.3 is 11.9 Å². The van der Waals surface area contributed by atoms with Gasteiger partial charge in [-0.3, -0.25) is 19.4 Å². The molecule has 3 rings (SSSR count). The Labute approximate surface area is 274 Å². The number of nitrogens with one attached hydrogen (secondary N) is 3. The molecule has 2 unspecified atom stereocenters. The number of carbonyl (C=O) groups excluding carboxylic acids is 1. The van der Waals surface area contributed by atoms with Crippen LogP contribution >= 0.6 is 0 Å². The second-order valence-electron chi connectivity index (χ2n) is 13.4. The maximum Gasteiger partial charge on any atom is 0.326 e. The molecule has 13 nitrogen and oxygen atoms in total. The van der Waals surface area contributed by atoms with Crippen LogP contribution in [0, 0.1) is 5.41 Å². The number of H-pyrrole nitrogens is 2. The Morgan fingerprint density at radius 3 is 2.38 bits per heavy atom. The van der Waals surface area contributed by atoms with Gasteiger partial charge in [0.15, 0.2) is 9.84 Å². The number of hydrogen-bond acceptors (Lipinski definition) is 8. The number of amides is 1. The summed E-state index contributed by atoms with van der Waals surface area (Å²) in [5.74, 6) is -3.52. The number of rotatable bonds is 16. The Morgan fingerprint density at radius 2 is 1.79 bits per heavy atom. The number of carboxylic acid groups (broad SMARTS) is 2. The predicted molar refractivity (Wildman–Crippen MR) is 180 cm³/mol. The van der Waals surface area contributed by atoms with E-state index in [0.29, 0.717) is 47.8 Å². The summed E-state index contributed by atoms with van der Waals surface area (Å²) in [5.41, 5.74) is 7.21. The van der Waals surface area contributed by atoms with Crippen LogP contribution in [-0.4, -0.2) is 68.0 Å². The lowest BCUT2D eigenvalue weighted by molar-refractivity contribution is -0.140. The highest BCUT2D eigenvalue weighted by molar-refractivity contribution is 7.92. The van der Waals surface area contributed by atoms with Gasteiger partial charge in [-0.15, -0.1) is 0 Å². The maximum atomic E-state index is 13.6. The van der Waals surface area contributed by atoms with Gasteiger partial charge in [-0.1, -0.05) is 53.2 Å². The molecular weight excluding hydrogens is 626 g/mol. The smallest absolute Gasteiger partial charge is 0.326 e. The molecule has 258 valence electrons. The van der Waals surface area contributed by atoms with Crippen molar-refractivity contribution in [1.82, 2.24) is 20.3 Å². The number of aliphatic carboxylic acids is 2. The lowest BCUT2D eigenvalue weighted by Gasteiger charge is -2.41. The number of carboxylic acids is 2. The molecule has 0 saturated carbocycles. The molecule has 2 heterocycles. The number of sulfone groups is 1.